The van der Waals surface area contributed by atoms with E-state index in [-0.39, 0.29) is 5.97 Å². The Morgan fingerprint density at radius 2 is 2.22 bits per heavy atom. The summed E-state index contributed by atoms with van der Waals surface area (Å²) >= 11 is 0. The third-order valence-corrected chi connectivity index (χ3v) is 3.25. The fourth-order valence-corrected chi connectivity index (χ4v) is 2.35. The second-order valence-corrected chi connectivity index (χ2v) is 4.50. The molecule has 0 aliphatic rings. The molecule has 0 aliphatic carbocycles. The lowest BCUT2D eigenvalue weighted by atomic mass is 9.97. The summed E-state index contributed by atoms with van der Waals surface area (Å²) in [6.07, 6.45) is 3.63. The monoisotopic (exact) mass is 246 g/mol. The molecule has 96 valence electrons. The molecule has 18 heavy (non-hydrogen) atoms. The number of esters is 1. The number of methoxy groups -OCH3 is 1. The molecule has 0 atom stereocenters. The van der Waals surface area contributed by atoms with E-state index >= 15 is 0 Å². The standard InChI is InChI=1S/C14H18N2O2/c1-5-6-10-7-11-13(15-8-16(11)3)9(2)12(10)14(17)18-4/h7-8H,5-6H2,1-4H3. The number of ether oxygens (including phenoxy) is 1. The van der Waals surface area contributed by atoms with E-state index in [1.165, 1.54) is 7.11 Å². The number of nitrogens with zero attached hydrogens (tertiary/aromatic N) is 2. The maximum Gasteiger partial charge on any atom is 0.338 e. The molecule has 0 amide bonds. The molecule has 0 radical (unpaired) electrons. The van der Waals surface area contributed by atoms with Crippen molar-refractivity contribution in [3.05, 3.63) is 29.1 Å². The molecular formula is C14H18N2O2. The van der Waals surface area contributed by atoms with Gasteiger partial charge in [-0.2, -0.15) is 0 Å². The largest absolute Gasteiger partial charge is 0.465 e. The number of carbonyl (C=O) groups is 1. The van der Waals surface area contributed by atoms with Crippen LogP contribution in [-0.4, -0.2) is 22.6 Å². The Hall–Kier alpha value is -1.84. The van der Waals surface area contributed by atoms with Gasteiger partial charge in [-0.05, 0) is 30.5 Å². The van der Waals surface area contributed by atoms with Gasteiger partial charge in [-0.1, -0.05) is 13.3 Å². The van der Waals surface area contributed by atoms with Gasteiger partial charge in [0, 0.05) is 7.05 Å². The Balaban J connectivity index is 2.76. The molecule has 0 N–H and O–H groups in total. The second kappa shape index (κ2) is 4.80. The van der Waals surface area contributed by atoms with Gasteiger partial charge < -0.3 is 9.30 Å². The first-order valence-corrected chi connectivity index (χ1v) is 6.12. The smallest absolute Gasteiger partial charge is 0.338 e. The van der Waals surface area contributed by atoms with Crippen molar-refractivity contribution in [1.82, 2.24) is 9.55 Å². The summed E-state index contributed by atoms with van der Waals surface area (Å²) in [5.74, 6) is -0.275. The number of aromatic nitrogens is 2. The van der Waals surface area contributed by atoms with Gasteiger partial charge in [0.05, 0.1) is 30.0 Å². The molecule has 0 fully saturated rings. The summed E-state index contributed by atoms with van der Waals surface area (Å²) < 4.78 is 6.86. The van der Waals surface area contributed by atoms with E-state index in [0.717, 1.165) is 35.0 Å². The lowest BCUT2D eigenvalue weighted by molar-refractivity contribution is 0.0599. The number of fused-ring (bicyclic) bond motifs is 1. The van der Waals surface area contributed by atoms with Gasteiger partial charge in [0.15, 0.2) is 0 Å². The third kappa shape index (κ3) is 1.88. The van der Waals surface area contributed by atoms with Crippen molar-refractivity contribution in [1.29, 1.82) is 0 Å². The maximum absolute atomic E-state index is 11.9. The van der Waals surface area contributed by atoms with E-state index in [9.17, 15) is 4.79 Å². The molecule has 0 bridgehead atoms. The highest BCUT2D eigenvalue weighted by Gasteiger charge is 2.19. The van der Waals surface area contributed by atoms with E-state index in [1.54, 1.807) is 6.33 Å². The van der Waals surface area contributed by atoms with Crippen LogP contribution in [0.5, 0.6) is 0 Å². The quantitative estimate of drug-likeness (QED) is 0.782. The highest BCUT2D eigenvalue weighted by molar-refractivity contribution is 5.98. The average Bonchev–Trinajstić information content (AvgIpc) is 2.72. The van der Waals surface area contributed by atoms with Gasteiger partial charge in [0.2, 0.25) is 0 Å². The highest BCUT2D eigenvalue weighted by atomic mass is 16.5. The summed E-state index contributed by atoms with van der Waals surface area (Å²) in [6.45, 7) is 4.03. The van der Waals surface area contributed by atoms with Crippen LogP contribution in [0.2, 0.25) is 0 Å². The van der Waals surface area contributed by atoms with Crippen LogP contribution < -0.4 is 0 Å². The van der Waals surface area contributed by atoms with Crippen molar-refractivity contribution in [2.45, 2.75) is 26.7 Å². The molecule has 0 spiro atoms. The van der Waals surface area contributed by atoms with Crippen LogP contribution in [0.25, 0.3) is 11.0 Å². The zero-order valence-corrected chi connectivity index (χ0v) is 11.3. The summed E-state index contributed by atoms with van der Waals surface area (Å²) in [6, 6.07) is 2.05. The number of aryl methyl sites for hydroxylation is 3. The van der Waals surface area contributed by atoms with Gasteiger partial charge in [0.1, 0.15) is 0 Å². The lowest BCUT2D eigenvalue weighted by Crippen LogP contribution is -2.09. The average molecular weight is 246 g/mol. The van der Waals surface area contributed by atoms with E-state index in [1.807, 2.05) is 24.6 Å². The molecule has 0 aliphatic heterocycles. The van der Waals surface area contributed by atoms with Gasteiger partial charge in [-0.25, -0.2) is 9.78 Å². The Morgan fingerprint density at radius 1 is 1.50 bits per heavy atom. The van der Waals surface area contributed by atoms with Gasteiger partial charge in [0.25, 0.3) is 0 Å². The summed E-state index contributed by atoms with van der Waals surface area (Å²) in [5.41, 5.74) is 4.55. The number of rotatable bonds is 3. The van der Waals surface area contributed by atoms with E-state index in [4.69, 9.17) is 4.74 Å². The molecule has 4 heteroatoms. The highest BCUT2D eigenvalue weighted by Crippen LogP contribution is 2.26. The van der Waals surface area contributed by atoms with Crippen LogP contribution in [0.3, 0.4) is 0 Å². The van der Waals surface area contributed by atoms with Crippen molar-refractivity contribution in [3.8, 4) is 0 Å². The van der Waals surface area contributed by atoms with Crippen LogP contribution in [-0.2, 0) is 18.2 Å². The number of hydrogen-bond donors (Lipinski definition) is 0. The minimum Gasteiger partial charge on any atom is -0.465 e. The molecule has 1 aromatic carbocycles. The first-order valence-electron chi connectivity index (χ1n) is 6.12. The van der Waals surface area contributed by atoms with Gasteiger partial charge >= 0.3 is 5.97 Å². The Bertz CT molecular complexity index is 599. The van der Waals surface area contributed by atoms with Crippen LogP contribution in [0, 0.1) is 6.92 Å². The summed E-state index contributed by atoms with van der Waals surface area (Å²) in [7, 11) is 3.38. The topological polar surface area (TPSA) is 44.1 Å². The van der Waals surface area contributed by atoms with E-state index in [2.05, 4.69) is 11.9 Å². The minimum atomic E-state index is -0.275. The number of hydrogen-bond acceptors (Lipinski definition) is 3. The molecule has 0 saturated carbocycles. The molecular weight excluding hydrogens is 228 g/mol. The Labute approximate surface area is 107 Å². The molecule has 0 unspecified atom stereocenters. The van der Waals surface area contributed by atoms with E-state index in [0.29, 0.717) is 5.56 Å². The van der Waals surface area contributed by atoms with Crippen LogP contribution >= 0.6 is 0 Å². The zero-order chi connectivity index (χ0) is 13.3. The predicted molar refractivity (Wildman–Crippen MR) is 70.8 cm³/mol. The lowest BCUT2D eigenvalue weighted by Gasteiger charge is -2.11. The zero-order valence-electron chi connectivity index (χ0n) is 11.3. The summed E-state index contributed by atoms with van der Waals surface area (Å²) in [4.78, 5) is 16.3. The molecule has 1 heterocycles. The van der Waals surface area contributed by atoms with Crippen molar-refractivity contribution < 1.29 is 9.53 Å². The molecule has 2 aromatic rings. The van der Waals surface area contributed by atoms with Crippen LogP contribution in [0.4, 0.5) is 0 Å². The number of carbonyl (C=O) groups excluding carboxylic acids is 1. The van der Waals surface area contributed by atoms with Gasteiger partial charge in [-0.15, -0.1) is 0 Å². The molecule has 4 nitrogen and oxygen atoms in total. The number of benzene rings is 1. The fraction of sp³-hybridized carbons (Fsp3) is 0.429. The molecule has 2 rings (SSSR count). The first-order chi connectivity index (χ1) is 8.60. The van der Waals surface area contributed by atoms with Crippen molar-refractivity contribution >= 4 is 17.0 Å². The predicted octanol–water partition coefficient (Wildman–Crippen LogP) is 2.62. The van der Waals surface area contributed by atoms with Crippen LogP contribution in [0.15, 0.2) is 12.4 Å². The third-order valence-electron chi connectivity index (χ3n) is 3.25. The van der Waals surface area contributed by atoms with E-state index < -0.39 is 0 Å². The molecule has 1 aromatic heterocycles. The van der Waals surface area contributed by atoms with Crippen molar-refractivity contribution in [2.75, 3.05) is 7.11 Å². The minimum absolute atomic E-state index is 0.275. The SMILES string of the molecule is CCCc1cc2c(ncn2C)c(C)c1C(=O)OC. The fourth-order valence-electron chi connectivity index (χ4n) is 2.35. The van der Waals surface area contributed by atoms with Crippen molar-refractivity contribution in [3.63, 3.8) is 0 Å². The Kier molecular flexibility index (Phi) is 3.36. The normalized spacial score (nSPS) is 10.9. The maximum atomic E-state index is 11.9. The Morgan fingerprint density at radius 3 is 2.83 bits per heavy atom. The van der Waals surface area contributed by atoms with Crippen LogP contribution in [0.1, 0.15) is 34.8 Å². The second-order valence-electron chi connectivity index (χ2n) is 4.50. The number of imidazole rings is 1. The van der Waals surface area contributed by atoms with Crippen molar-refractivity contribution in [2.24, 2.45) is 7.05 Å². The molecule has 0 saturated heterocycles. The summed E-state index contributed by atoms with van der Waals surface area (Å²) in [5, 5.41) is 0. The first kappa shape index (κ1) is 12.6. The van der Waals surface area contributed by atoms with Gasteiger partial charge in [-0.3, -0.25) is 0 Å².